The van der Waals surface area contributed by atoms with E-state index in [1.807, 2.05) is 54.2 Å². The summed E-state index contributed by atoms with van der Waals surface area (Å²) in [6.45, 7) is 6.01. The van der Waals surface area contributed by atoms with Gasteiger partial charge in [-0.05, 0) is 30.2 Å². The molecule has 23 heavy (non-hydrogen) atoms. The third-order valence-corrected chi connectivity index (χ3v) is 4.31. The van der Waals surface area contributed by atoms with Crippen molar-refractivity contribution in [1.82, 2.24) is 0 Å². The third-order valence-electron chi connectivity index (χ3n) is 3.27. The first-order valence-electron chi connectivity index (χ1n) is 7.13. The highest BCUT2D eigenvalue weighted by Gasteiger charge is 2.29. The molecular formula is C18H17BrN2OS. The Morgan fingerprint density at radius 3 is 2.78 bits per heavy atom. The molecular weight excluding hydrogens is 372 g/mol. The van der Waals surface area contributed by atoms with Gasteiger partial charge in [-0.15, -0.1) is 6.58 Å². The highest BCUT2D eigenvalue weighted by atomic mass is 79.9. The predicted molar refractivity (Wildman–Crippen MR) is 98.7 cm³/mol. The van der Waals surface area contributed by atoms with Crippen LogP contribution in [0.4, 0.5) is 0 Å². The molecule has 0 amide bonds. The standard InChI is InChI=1S/C18H17BrN2OS/c1-3-10-20-18(23)16(21-11-6-7-13(2)12-21)17(22)14-8-4-5-9-15(14)19/h3-9,11-12,16H,1,10H2,2H3/t16-/m0/s1. The zero-order valence-corrected chi connectivity index (χ0v) is 15.2. The Kier molecular flexibility index (Phi) is 6.19. The number of hydrogen-bond acceptors (Lipinski definition) is 3. The summed E-state index contributed by atoms with van der Waals surface area (Å²) in [5.74, 6) is -0.0918. The molecule has 0 aliphatic carbocycles. The van der Waals surface area contributed by atoms with E-state index < -0.39 is 6.04 Å². The fourth-order valence-electron chi connectivity index (χ4n) is 2.20. The fraction of sp³-hybridized carbons (Fsp3) is 0.167. The van der Waals surface area contributed by atoms with Crippen molar-refractivity contribution in [2.75, 3.05) is 6.54 Å². The first-order chi connectivity index (χ1) is 11.0. The molecule has 0 aliphatic heterocycles. The smallest absolute Gasteiger partial charge is 0.237 e. The second-order valence-electron chi connectivity index (χ2n) is 5.04. The van der Waals surface area contributed by atoms with E-state index in [9.17, 15) is 4.79 Å². The van der Waals surface area contributed by atoms with Crippen molar-refractivity contribution in [3.05, 3.63) is 77.0 Å². The van der Waals surface area contributed by atoms with Crippen LogP contribution in [-0.4, -0.2) is 17.4 Å². The van der Waals surface area contributed by atoms with E-state index in [-0.39, 0.29) is 5.78 Å². The molecule has 3 nitrogen and oxygen atoms in total. The van der Waals surface area contributed by atoms with Crippen LogP contribution in [0.3, 0.4) is 0 Å². The number of pyridine rings is 1. The number of carbonyl (C=O) groups is 1. The molecule has 0 unspecified atom stereocenters. The number of halogens is 1. The Morgan fingerprint density at radius 2 is 2.13 bits per heavy atom. The minimum Gasteiger partial charge on any atom is -0.758 e. The van der Waals surface area contributed by atoms with Gasteiger partial charge in [0, 0.05) is 21.7 Å². The second kappa shape index (κ2) is 8.13. The lowest BCUT2D eigenvalue weighted by Crippen LogP contribution is -2.48. The average molecular weight is 389 g/mol. The van der Waals surface area contributed by atoms with Crippen LogP contribution in [0.5, 0.6) is 0 Å². The number of Topliss-reactive ketones (excluding diaryl/α,β-unsaturated/α-hetero) is 1. The minimum absolute atomic E-state index is 0.0918. The normalized spacial score (nSPS) is 12.7. The highest BCUT2D eigenvalue weighted by Crippen LogP contribution is 2.20. The number of ketones is 1. The molecule has 0 fully saturated rings. The maximum Gasteiger partial charge on any atom is 0.237 e. The largest absolute Gasteiger partial charge is 0.758 e. The van der Waals surface area contributed by atoms with Crippen LogP contribution in [-0.2, 0) is 12.6 Å². The summed E-state index contributed by atoms with van der Waals surface area (Å²) >= 11 is 8.85. The molecule has 0 radical (unpaired) electrons. The van der Waals surface area contributed by atoms with Gasteiger partial charge in [0.1, 0.15) is 0 Å². The molecule has 2 aromatic rings. The quantitative estimate of drug-likeness (QED) is 0.189. The molecule has 0 saturated heterocycles. The Morgan fingerprint density at radius 1 is 1.39 bits per heavy atom. The van der Waals surface area contributed by atoms with Crippen LogP contribution in [0.15, 0.2) is 70.9 Å². The third kappa shape index (κ3) is 4.33. The molecule has 0 N–H and O–H groups in total. The summed E-state index contributed by atoms with van der Waals surface area (Å²) in [5, 5.41) is 0.348. The number of nitrogens with zero attached hydrogens (tertiary/aromatic N) is 2. The lowest BCUT2D eigenvalue weighted by atomic mass is 10.0. The van der Waals surface area contributed by atoms with Gasteiger partial charge in [0.15, 0.2) is 12.4 Å². The molecule has 2 rings (SSSR count). The van der Waals surface area contributed by atoms with Gasteiger partial charge in [-0.3, -0.25) is 4.79 Å². The number of rotatable bonds is 6. The number of aryl methyl sites for hydroxylation is 1. The summed E-state index contributed by atoms with van der Waals surface area (Å²) in [6.07, 6.45) is 5.39. The van der Waals surface area contributed by atoms with Gasteiger partial charge >= 0.3 is 0 Å². The van der Waals surface area contributed by atoms with Gasteiger partial charge in [-0.25, -0.2) is 0 Å². The summed E-state index contributed by atoms with van der Waals surface area (Å²) in [6, 6.07) is 10.5. The van der Waals surface area contributed by atoms with Gasteiger partial charge < -0.3 is 17.6 Å². The monoisotopic (exact) mass is 388 g/mol. The Labute approximate surface area is 150 Å². The molecule has 1 atom stereocenters. The maximum absolute atomic E-state index is 13.1. The maximum atomic E-state index is 13.1. The van der Waals surface area contributed by atoms with Crippen LogP contribution in [0.2, 0.25) is 0 Å². The summed E-state index contributed by atoms with van der Waals surface area (Å²) in [7, 11) is 0. The average Bonchev–Trinajstić information content (AvgIpc) is 2.53. The van der Waals surface area contributed by atoms with Gasteiger partial charge in [0.25, 0.3) is 0 Å². The van der Waals surface area contributed by atoms with E-state index in [0.717, 1.165) is 10.0 Å². The van der Waals surface area contributed by atoms with Crippen LogP contribution in [0.1, 0.15) is 22.0 Å². The van der Waals surface area contributed by atoms with Crippen molar-refractivity contribution in [3.8, 4) is 0 Å². The first-order valence-corrected chi connectivity index (χ1v) is 8.33. The van der Waals surface area contributed by atoms with Crippen molar-refractivity contribution < 1.29 is 9.36 Å². The zero-order valence-electron chi connectivity index (χ0n) is 12.8. The number of aromatic nitrogens is 1. The molecule has 0 aliphatic rings. The lowest BCUT2D eigenvalue weighted by Gasteiger charge is -2.19. The van der Waals surface area contributed by atoms with E-state index in [1.165, 1.54) is 0 Å². The van der Waals surface area contributed by atoms with E-state index in [4.69, 9.17) is 12.6 Å². The summed E-state index contributed by atoms with van der Waals surface area (Å²) in [5.41, 5.74) is 1.63. The molecule has 0 saturated carbocycles. The van der Waals surface area contributed by atoms with E-state index in [1.54, 1.807) is 12.1 Å². The first kappa shape index (κ1) is 17.5. The van der Waals surface area contributed by atoms with Crippen LogP contribution in [0.25, 0.3) is 0 Å². The topological polar surface area (TPSA) is 33.3 Å². The van der Waals surface area contributed by atoms with E-state index >= 15 is 0 Å². The number of benzene rings is 1. The molecule has 1 aromatic heterocycles. The lowest BCUT2D eigenvalue weighted by molar-refractivity contribution is -0.692. The number of aliphatic imine (C=N–C) groups is 1. The van der Waals surface area contributed by atoms with Crippen LogP contribution in [0, 0.1) is 6.92 Å². The summed E-state index contributed by atoms with van der Waals surface area (Å²) in [4.78, 5) is 17.3. The molecule has 1 heterocycles. The van der Waals surface area contributed by atoms with Crippen LogP contribution >= 0.6 is 15.9 Å². The minimum atomic E-state index is -0.649. The number of carbonyl (C=O) groups excluding carboxylic acids is 1. The predicted octanol–water partition coefficient (Wildman–Crippen LogP) is 3.60. The van der Waals surface area contributed by atoms with Crippen molar-refractivity contribution in [2.45, 2.75) is 13.0 Å². The molecule has 0 bridgehead atoms. The highest BCUT2D eigenvalue weighted by molar-refractivity contribution is 9.10. The second-order valence-corrected chi connectivity index (χ2v) is 6.32. The Hall–Kier alpha value is -1.85. The zero-order chi connectivity index (χ0) is 16.8. The molecule has 118 valence electrons. The SMILES string of the molecule is C=CCN=C([S-])[C@H](C(=O)c1ccccc1Br)[n+]1cccc(C)c1. The van der Waals surface area contributed by atoms with Crippen molar-refractivity contribution in [3.63, 3.8) is 0 Å². The van der Waals surface area contributed by atoms with Crippen molar-refractivity contribution in [1.29, 1.82) is 0 Å². The van der Waals surface area contributed by atoms with Crippen molar-refractivity contribution >= 4 is 39.4 Å². The van der Waals surface area contributed by atoms with Gasteiger partial charge in [-0.2, -0.15) is 4.57 Å². The van der Waals surface area contributed by atoms with Gasteiger partial charge in [0.2, 0.25) is 11.8 Å². The van der Waals surface area contributed by atoms with Gasteiger partial charge in [-0.1, -0.05) is 34.1 Å². The molecule has 0 spiro atoms. The number of hydrogen-bond donors (Lipinski definition) is 0. The van der Waals surface area contributed by atoms with Crippen molar-refractivity contribution in [2.24, 2.45) is 4.99 Å². The van der Waals surface area contributed by atoms with Crippen LogP contribution < -0.4 is 4.57 Å². The Balaban J connectivity index is 2.51. The summed E-state index contributed by atoms with van der Waals surface area (Å²) < 4.78 is 2.56. The van der Waals surface area contributed by atoms with E-state index in [0.29, 0.717) is 17.2 Å². The molecule has 1 aromatic carbocycles. The van der Waals surface area contributed by atoms with E-state index in [2.05, 4.69) is 27.5 Å². The molecule has 5 heteroatoms. The fourth-order valence-corrected chi connectivity index (χ4v) is 2.98. The van der Waals surface area contributed by atoms with Gasteiger partial charge in [0.05, 0.1) is 6.54 Å². The Bertz CT molecular complexity index is 758.